The average Bonchev–Trinajstić information content (AvgIpc) is 2.83. The van der Waals surface area contributed by atoms with Crippen molar-refractivity contribution >= 4 is 0 Å². The molecule has 1 aliphatic rings. The molecule has 0 aromatic heterocycles. The lowest BCUT2D eigenvalue weighted by atomic mass is 10.2. The molecule has 1 aromatic carbocycles. The van der Waals surface area contributed by atoms with Gasteiger partial charge in [0.05, 0.1) is 19.1 Å². The maximum absolute atomic E-state index is 13.3. The zero-order chi connectivity index (χ0) is 12.3. The predicted molar refractivity (Wildman–Crippen MR) is 62.9 cm³/mol. The van der Waals surface area contributed by atoms with E-state index >= 15 is 0 Å². The second kappa shape index (κ2) is 5.13. The van der Waals surface area contributed by atoms with Gasteiger partial charge in [0.25, 0.3) is 5.92 Å². The van der Waals surface area contributed by atoms with Crippen LogP contribution in [0.3, 0.4) is 0 Å². The molecular weight excluding hydrogens is 222 g/mol. The highest BCUT2D eigenvalue weighted by Gasteiger charge is 2.66. The highest BCUT2D eigenvalue weighted by atomic mass is 19.3. The van der Waals surface area contributed by atoms with E-state index in [0.29, 0.717) is 13.0 Å². The third-order valence-corrected chi connectivity index (χ3v) is 3.37. The van der Waals surface area contributed by atoms with Crippen molar-refractivity contribution in [3.63, 3.8) is 0 Å². The van der Waals surface area contributed by atoms with E-state index < -0.39 is 17.8 Å². The molecule has 2 unspecified atom stereocenters. The van der Waals surface area contributed by atoms with Crippen LogP contribution in [0.5, 0.6) is 0 Å². The molecule has 0 saturated heterocycles. The van der Waals surface area contributed by atoms with E-state index in [0.717, 1.165) is 12.0 Å². The van der Waals surface area contributed by atoms with Gasteiger partial charge < -0.3 is 4.74 Å². The Labute approximate surface area is 101 Å². The van der Waals surface area contributed by atoms with E-state index in [1.54, 1.807) is 0 Å². The molecule has 0 bridgehead atoms. The molecule has 3 heteroatoms. The van der Waals surface area contributed by atoms with E-state index in [1.807, 2.05) is 37.3 Å². The summed E-state index contributed by atoms with van der Waals surface area (Å²) >= 11 is 0. The number of hydrogen-bond donors (Lipinski definition) is 0. The third kappa shape index (κ3) is 2.83. The van der Waals surface area contributed by atoms with Gasteiger partial charge in [-0.2, -0.15) is 0 Å². The SMILES string of the molecule is CCCC1C(COCc2ccccc2)C1(F)F. The van der Waals surface area contributed by atoms with Gasteiger partial charge in [-0.05, 0) is 12.0 Å². The number of hydrogen-bond acceptors (Lipinski definition) is 1. The van der Waals surface area contributed by atoms with Crippen molar-refractivity contribution in [3.8, 4) is 0 Å². The molecule has 1 nitrogen and oxygen atoms in total. The fourth-order valence-electron chi connectivity index (χ4n) is 2.27. The second-order valence-electron chi connectivity index (χ2n) is 4.68. The Morgan fingerprint density at radius 3 is 2.53 bits per heavy atom. The normalized spacial score (nSPS) is 25.8. The lowest BCUT2D eigenvalue weighted by molar-refractivity contribution is 0.0457. The Hall–Kier alpha value is -0.960. The summed E-state index contributed by atoms with van der Waals surface area (Å²) in [7, 11) is 0. The van der Waals surface area contributed by atoms with Crippen LogP contribution < -0.4 is 0 Å². The van der Waals surface area contributed by atoms with Crippen molar-refractivity contribution in [3.05, 3.63) is 35.9 Å². The Morgan fingerprint density at radius 1 is 1.18 bits per heavy atom. The molecule has 0 spiro atoms. The summed E-state index contributed by atoms with van der Waals surface area (Å²) in [5, 5.41) is 0. The average molecular weight is 240 g/mol. The fraction of sp³-hybridized carbons (Fsp3) is 0.571. The van der Waals surface area contributed by atoms with E-state index in [9.17, 15) is 8.78 Å². The Balaban J connectivity index is 1.73. The number of rotatable bonds is 6. The lowest BCUT2D eigenvalue weighted by Crippen LogP contribution is -2.03. The molecule has 1 saturated carbocycles. The molecule has 0 amide bonds. The van der Waals surface area contributed by atoms with Crippen LogP contribution in [-0.2, 0) is 11.3 Å². The minimum absolute atomic E-state index is 0.173. The zero-order valence-electron chi connectivity index (χ0n) is 10.0. The summed E-state index contributed by atoms with van der Waals surface area (Å²) in [6.45, 7) is 2.54. The molecular formula is C14H18F2O. The predicted octanol–water partition coefficient (Wildman–Crippen LogP) is 3.88. The molecule has 1 aromatic rings. The lowest BCUT2D eigenvalue weighted by Gasteiger charge is -2.03. The van der Waals surface area contributed by atoms with Crippen LogP contribution in [0.4, 0.5) is 8.78 Å². The van der Waals surface area contributed by atoms with E-state index in [2.05, 4.69) is 0 Å². The first kappa shape index (κ1) is 12.5. The van der Waals surface area contributed by atoms with Crippen molar-refractivity contribution in [2.24, 2.45) is 11.8 Å². The smallest absolute Gasteiger partial charge is 0.256 e. The zero-order valence-corrected chi connectivity index (χ0v) is 10.0. The Morgan fingerprint density at radius 2 is 1.88 bits per heavy atom. The van der Waals surface area contributed by atoms with Crippen molar-refractivity contribution < 1.29 is 13.5 Å². The van der Waals surface area contributed by atoms with Crippen molar-refractivity contribution in [1.29, 1.82) is 0 Å². The van der Waals surface area contributed by atoms with Crippen LogP contribution >= 0.6 is 0 Å². The second-order valence-corrected chi connectivity index (χ2v) is 4.68. The van der Waals surface area contributed by atoms with Crippen LogP contribution in [-0.4, -0.2) is 12.5 Å². The van der Waals surface area contributed by atoms with E-state index in [-0.39, 0.29) is 6.61 Å². The molecule has 0 heterocycles. The minimum Gasteiger partial charge on any atom is -0.376 e. The number of halogens is 2. The molecule has 17 heavy (non-hydrogen) atoms. The maximum atomic E-state index is 13.3. The minimum atomic E-state index is -2.49. The van der Waals surface area contributed by atoms with Crippen molar-refractivity contribution in [1.82, 2.24) is 0 Å². The van der Waals surface area contributed by atoms with Crippen LogP contribution in [0.15, 0.2) is 30.3 Å². The van der Waals surface area contributed by atoms with Crippen LogP contribution in [0.1, 0.15) is 25.3 Å². The van der Waals surface area contributed by atoms with E-state index in [1.165, 1.54) is 0 Å². The number of benzene rings is 1. The summed E-state index contributed by atoms with van der Waals surface area (Å²) in [6.07, 6.45) is 1.42. The molecule has 2 rings (SSSR count). The molecule has 94 valence electrons. The van der Waals surface area contributed by atoms with Gasteiger partial charge in [-0.25, -0.2) is 8.78 Å². The Kier molecular flexibility index (Phi) is 3.77. The van der Waals surface area contributed by atoms with Gasteiger partial charge in [0.1, 0.15) is 0 Å². The summed E-state index contributed by atoms with van der Waals surface area (Å²) < 4.78 is 32.0. The topological polar surface area (TPSA) is 9.23 Å². The highest BCUT2D eigenvalue weighted by molar-refractivity contribution is 5.13. The summed E-state index contributed by atoms with van der Waals surface area (Å²) in [4.78, 5) is 0. The fourth-order valence-corrected chi connectivity index (χ4v) is 2.27. The van der Waals surface area contributed by atoms with Crippen molar-refractivity contribution in [2.75, 3.05) is 6.61 Å². The largest absolute Gasteiger partial charge is 0.376 e. The van der Waals surface area contributed by atoms with Gasteiger partial charge in [-0.1, -0.05) is 43.7 Å². The Bertz CT molecular complexity index is 350. The van der Waals surface area contributed by atoms with Gasteiger partial charge in [0, 0.05) is 5.92 Å². The summed E-state index contributed by atoms with van der Waals surface area (Å²) in [5.74, 6) is -3.51. The summed E-state index contributed by atoms with van der Waals surface area (Å²) in [5.41, 5.74) is 1.03. The molecule has 1 fully saturated rings. The highest BCUT2D eigenvalue weighted by Crippen LogP contribution is 2.57. The number of alkyl halides is 2. The van der Waals surface area contributed by atoms with Gasteiger partial charge >= 0.3 is 0 Å². The van der Waals surface area contributed by atoms with Gasteiger partial charge in [-0.15, -0.1) is 0 Å². The first-order valence-corrected chi connectivity index (χ1v) is 6.15. The first-order valence-electron chi connectivity index (χ1n) is 6.15. The quantitative estimate of drug-likeness (QED) is 0.733. The standard InChI is InChI=1S/C14H18F2O/c1-2-6-12-13(14(12,15)16)10-17-9-11-7-4-3-5-8-11/h3-5,7-8,12-13H,2,6,9-10H2,1H3. The maximum Gasteiger partial charge on any atom is 0.256 e. The van der Waals surface area contributed by atoms with Crippen LogP contribution in [0, 0.1) is 11.8 Å². The molecule has 2 atom stereocenters. The summed E-state index contributed by atoms with van der Waals surface area (Å²) in [6, 6.07) is 9.65. The van der Waals surface area contributed by atoms with E-state index in [4.69, 9.17) is 4.74 Å². The van der Waals surface area contributed by atoms with Crippen LogP contribution in [0.2, 0.25) is 0 Å². The molecule has 1 aliphatic carbocycles. The number of ether oxygens (including phenoxy) is 1. The monoisotopic (exact) mass is 240 g/mol. The van der Waals surface area contributed by atoms with Crippen molar-refractivity contribution in [2.45, 2.75) is 32.3 Å². The molecule has 0 N–H and O–H groups in total. The molecule has 0 aliphatic heterocycles. The molecule has 0 radical (unpaired) electrons. The van der Waals surface area contributed by atoms with Gasteiger partial charge in [-0.3, -0.25) is 0 Å². The van der Waals surface area contributed by atoms with Gasteiger partial charge in [0.15, 0.2) is 0 Å². The van der Waals surface area contributed by atoms with Crippen LogP contribution in [0.25, 0.3) is 0 Å². The first-order chi connectivity index (χ1) is 8.16. The van der Waals surface area contributed by atoms with Gasteiger partial charge in [0.2, 0.25) is 0 Å². The third-order valence-electron chi connectivity index (χ3n) is 3.37.